The second-order valence-electron chi connectivity index (χ2n) is 7.22. The first kappa shape index (κ1) is 20.1. The van der Waals surface area contributed by atoms with Crippen LogP contribution in [0.25, 0.3) is 5.57 Å². The molecule has 5 heteroatoms. The molecule has 0 fully saturated rings. The maximum atomic E-state index is 13.4. The highest BCUT2D eigenvalue weighted by Gasteiger charge is 2.40. The van der Waals surface area contributed by atoms with Gasteiger partial charge in [-0.1, -0.05) is 54.1 Å². The van der Waals surface area contributed by atoms with E-state index in [9.17, 15) is 14.0 Å². The molecule has 3 aromatic carbocycles. The predicted octanol–water partition coefficient (Wildman–Crippen LogP) is 5.66. The van der Waals surface area contributed by atoms with Gasteiger partial charge in [0.1, 0.15) is 5.82 Å². The third-order valence-corrected chi connectivity index (χ3v) is 6.15. The number of anilines is 1. The molecule has 0 aliphatic carbocycles. The molecule has 0 unspecified atom stereocenters. The number of hydrogen-bond acceptors (Lipinski definition) is 3. The zero-order valence-electron chi connectivity index (χ0n) is 16.7. The molecule has 0 spiro atoms. The zero-order valence-corrected chi connectivity index (χ0v) is 17.5. The third-order valence-electron chi connectivity index (χ3n) is 5.00. The molecule has 1 aliphatic heterocycles. The fourth-order valence-electron chi connectivity index (χ4n) is 3.53. The minimum atomic E-state index is -0.418. The van der Waals surface area contributed by atoms with Crippen LogP contribution in [0.4, 0.5) is 10.1 Å². The number of carbonyl (C=O) groups is 2. The van der Waals surface area contributed by atoms with E-state index in [2.05, 4.69) is 0 Å². The van der Waals surface area contributed by atoms with Crippen LogP contribution < -0.4 is 4.90 Å². The minimum Gasteiger partial charge on any atom is -0.268 e. The average Bonchev–Trinajstić information content (AvgIpc) is 2.98. The number of thioether (sulfide) groups is 1. The Balaban J connectivity index is 1.78. The maximum absolute atomic E-state index is 13.4. The van der Waals surface area contributed by atoms with Crippen LogP contribution in [0.1, 0.15) is 22.3 Å². The van der Waals surface area contributed by atoms with E-state index < -0.39 is 5.82 Å². The lowest BCUT2D eigenvalue weighted by Gasteiger charge is -2.15. The zero-order chi connectivity index (χ0) is 21.3. The summed E-state index contributed by atoms with van der Waals surface area (Å²) in [7, 11) is 0. The van der Waals surface area contributed by atoms with Gasteiger partial charge in [0.15, 0.2) is 0 Å². The Morgan fingerprint density at radius 2 is 1.57 bits per heavy atom. The summed E-state index contributed by atoms with van der Waals surface area (Å²) in [5, 5.41) is 0. The lowest BCUT2D eigenvalue weighted by Crippen LogP contribution is -2.31. The van der Waals surface area contributed by atoms with Gasteiger partial charge in [-0.25, -0.2) is 9.29 Å². The predicted molar refractivity (Wildman–Crippen MR) is 119 cm³/mol. The number of imide groups is 1. The SMILES string of the molecule is Cc1ccc(C2=C(SCc3ccccc3)C(=O)N(c3ccc(F)cc3)C2=O)c(C)c1. The highest BCUT2D eigenvalue weighted by atomic mass is 32.2. The number of rotatable bonds is 5. The summed E-state index contributed by atoms with van der Waals surface area (Å²) >= 11 is 1.36. The lowest BCUT2D eigenvalue weighted by atomic mass is 9.99. The highest BCUT2D eigenvalue weighted by Crippen LogP contribution is 2.40. The van der Waals surface area contributed by atoms with Crippen molar-refractivity contribution in [1.82, 2.24) is 0 Å². The number of nitrogens with zero attached hydrogens (tertiary/aromatic N) is 1. The van der Waals surface area contributed by atoms with Gasteiger partial charge >= 0.3 is 0 Å². The Morgan fingerprint density at radius 3 is 2.23 bits per heavy atom. The van der Waals surface area contributed by atoms with E-state index in [4.69, 9.17) is 0 Å². The Morgan fingerprint density at radius 1 is 0.867 bits per heavy atom. The van der Waals surface area contributed by atoms with Gasteiger partial charge in [0.25, 0.3) is 11.8 Å². The molecule has 0 saturated heterocycles. The summed E-state index contributed by atoms with van der Waals surface area (Å²) in [4.78, 5) is 28.3. The Hall–Kier alpha value is -3.18. The van der Waals surface area contributed by atoms with Gasteiger partial charge in [0.2, 0.25) is 0 Å². The Labute approximate surface area is 179 Å². The van der Waals surface area contributed by atoms with Crippen LogP contribution in [-0.4, -0.2) is 11.8 Å². The second-order valence-corrected chi connectivity index (χ2v) is 8.20. The van der Waals surface area contributed by atoms with Crippen LogP contribution in [0.5, 0.6) is 0 Å². The normalized spacial score (nSPS) is 14.0. The highest BCUT2D eigenvalue weighted by molar-refractivity contribution is 8.03. The summed E-state index contributed by atoms with van der Waals surface area (Å²) in [5.74, 6) is -0.600. The maximum Gasteiger partial charge on any atom is 0.272 e. The molecular weight excluding hydrogens is 397 g/mol. The molecule has 0 saturated carbocycles. The molecule has 4 rings (SSSR count). The molecule has 2 amide bonds. The largest absolute Gasteiger partial charge is 0.272 e. The molecule has 1 aliphatic rings. The van der Waals surface area contributed by atoms with Crippen molar-refractivity contribution in [3.05, 3.63) is 106 Å². The van der Waals surface area contributed by atoms with Crippen molar-refractivity contribution in [3.63, 3.8) is 0 Å². The summed E-state index contributed by atoms with van der Waals surface area (Å²) in [6, 6.07) is 21.1. The molecule has 0 bridgehead atoms. The van der Waals surface area contributed by atoms with Crippen molar-refractivity contribution < 1.29 is 14.0 Å². The van der Waals surface area contributed by atoms with Crippen LogP contribution in [-0.2, 0) is 15.3 Å². The van der Waals surface area contributed by atoms with Crippen molar-refractivity contribution >= 4 is 34.8 Å². The Bertz CT molecular complexity index is 1150. The third kappa shape index (κ3) is 3.81. The van der Waals surface area contributed by atoms with Gasteiger partial charge in [-0.3, -0.25) is 9.59 Å². The first-order chi connectivity index (χ1) is 14.5. The quantitative estimate of drug-likeness (QED) is 0.503. The van der Waals surface area contributed by atoms with E-state index in [0.717, 1.165) is 27.2 Å². The summed E-state index contributed by atoms with van der Waals surface area (Å²) < 4.78 is 13.4. The number of aryl methyl sites for hydroxylation is 2. The van der Waals surface area contributed by atoms with Crippen molar-refractivity contribution in [2.45, 2.75) is 19.6 Å². The molecule has 3 nitrogen and oxygen atoms in total. The number of benzene rings is 3. The first-order valence-corrected chi connectivity index (χ1v) is 10.6. The summed E-state index contributed by atoms with van der Waals surface area (Å²) in [5.41, 5.74) is 4.61. The van der Waals surface area contributed by atoms with Crippen molar-refractivity contribution in [1.29, 1.82) is 0 Å². The molecule has 0 radical (unpaired) electrons. The topological polar surface area (TPSA) is 37.4 Å². The van der Waals surface area contributed by atoms with E-state index in [1.165, 1.54) is 36.0 Å². The van der Waals surface area contributed by atoms with Crippen LogP contribution in [0, 0.1) is 19.7 Å². The smallest absolute Gasteiger partial charge is 0.268 e. The van der Waals surface area contributed by atoms with E-state index >= 15 is 0 Å². The molecule has 1 heterocycles. The van der Waals surface area contributed by atoms with E-state index in [-0.39, 0.29) is 11.8 Å². The van der Waals surface area contributed by atoms with Crippen LogP contribution in [0.2, 0.25) is 0 Å². The average molecular weight is 418 g/mol. The van der Waals surface area contributed by atoms with E-state index in [1.54, 1.807) is 0 Å². The summed E-state index contributed by atoms with van der Waals surface area (Å²) in [6.45, 7) is 3.93. The molecule has 0 N–H and O–H groups in total. The molecule has 0 atom stereocenters. The van der Waals surface area contributed by atoms with Gasteiger partial charge < -0.3 is 0 Å². The second kappa shape index (κ2) is 8.28. The van der Waals surface area contributed by atoms with Gasteiger partial charge in [0, 0.05) is 5.75 Å². The first-order valence-electron chi connectivity index (χ1n) is 9.58. The number of carbonyl (C=O) groups excluding carboxylic acids is 2. The fourth-order valence-corrected chi connectivity index (χ4v) is 4.59. The monoisotopic (exact) mass is 417 g/mol. The molecule has 30 heavy (non-hydrogen) atoms. The van der Waals surface area contributed by atoms with Gasteiger partial charge in [-0.05, 0) is 54.8 Å². The van der Waals surface area contributed by atoms with Gasteiger partial charge in [0.05, 0.1) is 16.2 Å². The standard InChI is InChI=1S/C25H20FNO2S/c1-16-8-13-21(17(2)14-16)22-23(30-15-18-6-4-3-5-7-18)25(29)27(24(22)28)20-11-9-19(26)10-12-20/h3-14H,15H2,1-2H3. The number of amides is 2. The Kier molecular flexibility index (Phi) is 5.55. The van der Waals surface area contributed by atoms with Crippen molar-refractivity contribution in [3.8, 4) is 0 Å². The molecule has 150 valence electrons. The van der Waals surface area contributed by atoms with Crippen LogP contribution >= 0.6 is 11.8 Å². The molecule has 3 aromatic rings. The summed E-state index contributed by atoms with van der Waals surface area (Å²) in [6.07, 6.45) is 0. The van der Waals surface area contributed by atoms with E-state index in [1.807, 2.05) is 62.4 Å². The minimum absolute atomic E-state index is 0.365. The fraction of sp³-hybridized carbons (Fsp3) is 0.120. The lowest BCUT2D eigenvalue weighted by molar-refractivity contribution is -0.119. The number of halogens is 1. The van der Waals surface area contributed by atoms with E-state index in [0.29, 0.717) is 21.9 Å². The number of hydrogen-bond donors (Lipinski definition) is 0. The van der Waals surface area contributed by atoms with Crippen molar-refractivity contribution in [2.75, 3.05) is 4.90 Å². The van der Waals surface area contributed by atoms with Crippen LogP contribution in [0.3, 0.4) is 0 Å². The van der Waals surface area contributed by atoms with Crippen molar-refractivity contribution in [2.24, 2.45) is 0 Å². The van der Waals surface area contributed by atoms with Gasteiger partial charge in [-0.15, -0.1) is 11.8 Å². The molecular formula is C25H20FNO2S. The molecule has 0 aromatic heterocycles. The van der Waals surface area contributed by atoms with Gasteiger partial charge in [-0.2, -0.15) is 0 Å². The van der Waals surface area contributed by atoms with Crippen LogP contribution in [0.15, 0.2) is 77.7 Å².